The predicted octanol–water partition coefficient (Wildman–Crippen LogP) is 2.83. The number of hydrogen-bond acceptors (Lipinski definition) is 6. The molecule has 0 amide bonds. The first-order valence-electron chi connectivity index (χ1n) is 7.57. The Balaban J connectivity index is 2.21. The van der Waals surface area contributed by atoms with Gasteiger partial charge in [-0.25, -0.2) is 9.97 Å². The minimum absolute atomic E-state index is 0.00292. The molecule has 1 N–H and O–H groups in total. The lowest BCUT2D eigenvalue weighted by Gasteiger charge is -2.27. The Labute approximate surface area is 124 Å². The van der Waals surface area contributed by atoms with Crippen LogP contribution < -0.4 is 10.2 Å². The van der Waals surface area contributed by atoms with Crippen LogP contribution in [0.2, 0.25) is 0 Å². The van der Waals surface area contributed by atoms with Gasteiger partial charge in [0.1, 0.15) is 6.33 Å². The van der Waals surface area contributed by atoms with E-state index in [0.29, 0.717) is 24.1 Å². The molecule has 1 aliphatic rings. The summed E-state index contributed by atoms with van der Waals surface area (Å²) in [6.45, 7) is 6.56. The molecule has 21 heavy (non-hydrogen) atoms. The molecule has 7 nitrogen and oxygen atoms in total. The van der Waals surface area contributed by atoms with Crippen molar-refractivity contribution >= 4 is 17.3 Å². The second-order valence-corrected chi connectivity index (χ2v) is 5.81. The molecule has 0 unspecified atom stereocenters. The van der Waals surface area contributed by atoms with Gasteiger partial charge in [-0.3, -0.25) is 10.1 Å². The first-order chi connectivity index (χ1) is 10.1. The average Bonchev–Trinajstić information content (AvgIpc) is 2.47. The minimum atomic E-state index is -0.373. The van der Waals surface area contributed by atoms with Crippen LogP contribution in [0.3, 0.4) is 0 Å². The lowest BCUT2D eigenvalue weighted by atomic mass is 10.1. The minimum Gasteiger partial charge on any atom is -0.364 e. The smallest absolute Gasteiger partial charge is 0.353 e. The van der Waals surface area contributed by atoms with Crippen LogP contribution in [-0.2, 0) is 0 Å². The third-order valence-corrected chi connectivity index (χ3v) is 3.66. The monoisotopic (exact) mass is 293 g/mol. The van der Waals surface area contributed by atoms with Crippen LogP contribution in [0.15, 0.2) is 6.33 Å². The molecule has 1 aliphatic heterocycles. The Hall–Kier alpha value is -1.92. The van der Waals surface area contributed by atoms with E-state index in [4.69, 9.17) is 0 Å². The summed E-state index contributed by atoms with van der Waals surface area (Å²) >= 11 is 0. The van der Waals surface area contributed by atoms with Crippen molar-refractivity contribution in [3.8, 4) is 0 Å². The molecule has 1 saturated heterocycles. The van der Waals surface area contributed by atoms with Crippen LogP contribution in [0.5, 0.6) is 0 Å². The van der Waals surface area contributed by atoms with Crippen LogP contribution in [0.1, 0.15) is 39.5 Å². The molecule has 0 bridgehead atoms. The Bertz CT molecular complexity index is 486. The fourth-order valence-electron chi connectivity index (χ4n) is 2.48. The Morgan fingerprint density at radius 2 is 2.05 bits per heavy atom. The van der Waals surface area contributed by atoms with E-state index in [2.05, 4.69) is 29.1 Å². The Morgan fingerprint density at radius 1 is 1.33 bits per heavy atom. The first kappa shape index (κ1) is 15.5. The summed E-state index contributed by atoms with van der Waals surface area (Å²) in [6, 6.07) is 0. The molecule has 1 aromatic heterocycles. The quantitative estimate of drug-likeness (QED) is 0.641. The molecule has 0 radical (unpaired) electrons. The van der Waals surface area contributed by atoms with E-state index in [0.717, 1.165) is 32.4 Å². The van der Waals surface area contributed by atoms with E-state index in [9.17, 15) is 10.1 Å². The maximum Gasteiger partial charge on any atom is 0.353 e. The molecule has 2 rings (SSSR count). The molecule has 0 aliphatic carbocycles. The van der Waals surface area contributed by atoms with E-state index < -0.39 is 0 Å². The van der Waals surface area contributed by atoms with Gasteiger partial charge in [-0.15, -0.1) is 0 Å². The SMILES string of the molecule is CC(C)CCNc1ncnc(N2CCCCC2)c1[N+](=O)[O-]. The van der Waals surface area contributed by atoms with E-state index in [-0.39, 0.29) is 10.6 Å². The molecule has 0 atom stereocenters. The molecule has 7 heteroatoms. The molecular formula is C14H23N5O2. The fourth-order valence-corrected chi connectivity index (χ4v) is 2.48. The molecule has 2 heterocycles. The zero-order chi connectivity index (χ0) is 15.2. The topological polar surface area (TPSA) is 84.2 Å². The number of aromatic nitrogens is 2. The highest BCUT2D eigenvalue weighted by molar-refractivity contribution is 5.70. The van der Waals surface area contributed by atoms with Gasteiger partial charge in [-0.2, -0.15) is 0 Å². The summed E-state index contributed by atoms with van der Waals surface area (Å²) in [4.78, 5) is 21.3. The van der Waals surface area contributed by atoms with Crippen molar-refractivity contribution in [1.29, 1.82) is 0 Å². The van der Waals surface area contributed by atoms with Crippen molar-refractivity contribution in [3.63, 3.8) is 0 Å². The number of nitrogens with one attached hydrogen (secondary N) is 1. The zero-order valence-corrected chi connectivity index (χ0v) is 12.7. The van der Waals surface area contributed by atoms with Gasteiger partial charge < -0.3 is 10.2 Å². The standard InChI is InChI=1S/C14H23N5O2/c1-11(2)6-7-15-13-12(19(20)21)14(17-10-16-13)18-8-4-3-5-9-18/h10-11H,3-9H2,1-2H3,(H,15,16,17). The Morgan fingerprint density at radius 3 is 2.67 bits per heavy atom. The summed E-state index contributed by atoms with van der Waals surface area (Å²) in [5.41, 5.74) is 0.00292. The van der Waals surface area contributed by atoms with Gasteiger partial charge in [-0.1, -0.05) is 13.8 Å². The van der Waals surface area contributed by atoms with Crippen molar-refractivity contribution in [2.75, 3.05) is 29.9 Å². The van der Waals surface area contributed by atoms with E-state index in [1.54, 1.807) is 0 Å². The van der Waals surface area contributed by atoms with Crippen LogP contribution in [0, 0.1) is 16.0 Å². The molecular weight excluding hydrogens is 270 g/mol. The number of anilines is 2. The van der Waals surface area contributed by atoms with Crippen molar-refractivity contribution in [2.24, 2.45) is 5.92 Å². The molecule has 0 saturated carbocycles. The van der Waals surface area contributed by atoms with Gasteiger partial charge >= 0.3 is 5.69 Å². The van der Waals surface area contributed by atoms with Crippen molar-refractivity contribution in [3.05, 3.63) is 16.4 Å². The highest BCUT2D eigenvalue weighted by atomic mass is 16.6. The van der Waals surface area contributed by atoms with Crippen LogP contribution in [0.4, 0.5) is 17.3 Å². The number of rotatable bonds is 6. The van der Waals surface area contributed by atoms with Gasteiger partial charge in [0.25, 0.3) is 0 Å². The second kappa shape index (κ2) is 7.19. The highest BCUT2D eigenvalue weighted by Crippen LogP contribution is 2.33. The van der Waals surface area contributed by atoms with E-state index in [1.165, 1.54) is 12.7 Å². The van der Waals surface area contributed by atoms with E-state index in [1.807, 2.05) is 4.90 Å². The normalized spacial score (nSPS) is 15.3. The fraction of sp³-hybridized carbons (Fsp3) is 0.714. The molecule has 116 valence electrons. The summed E-state index contributed by atoms with van der Waals surface area (Å²) < 4.78 is 0. The average molecular weight is 293 g/mol. The van der Waals surface area contributed by atoms with Crippen molar-refractivity contribution < 1.29 is 4.92 Å². The van der Waals surface area contributed by atoms with Gasteiger partial charge in [0.2, 0.25) is 11.6 Å². The van der Waals surface area contributed by atoms with Crippen LogP contribution in [0.25, 0.3) is 0 Å². The second-order valence-electron chi connectivity index (χ2n) is 5.81. The lowest BCUT2D eigenvalue weighted by Crippen LogP contribution is -2.31. The molecule has 1 aromatic rings. The van der Waals surface area contributed by atoms with Crippen LogP contribution in [-0.4, -0.2) is 34.5 Å². The third kappa shape index (κ3) is 4.03. The number of nitro groups is 1. The summed E-state index contributed by atoms with van der Waals surface area (Å²) in [5.74, 6) is 1.32. The summed E-state index contributed by atoms with van der Waals surface area (Å²) in [5, 5.41) is 14.5. The number of piperidine rings is 1. The Kier molecular flexibility index (Phi) is 5.30. The first-order valence-corrected chi connectivity index (χ1v) is 7.57. The highest BCUT2D eigenvalue weighted by Gasteiger charge is 2.27. The number of nitrogens with zero attached hydrogens (tertiary/aromatic N) is 4. The summed E-state index contributed by atoms with van der Waals surface area (Å²) in [6.07, 6.45) is 5.64. The molecule has 1 fully saturated rings. The summed E-state index contributed by atoms with van der Waals surface area (Å²) in [7, 11) is 0. The van der Waals surface area contributed by atoms with Crippen LogP contribution >= 0.6 is 0 Å². The maximum atomic E-state index is 11.4. The zero-order valence-electron chi connectivity index (χ0n) is 12.7. The van der Waals surface area contributed by atoms with Crippen molar-refractivity contribution in [2.45, 2.75) is 39.5 Å². The maximum absolute atomic E-state index is 11.4. The lowest BCUT2D eigenvalue weighted by molar-refractivity contribution is -0.383. The molecule has 0 aromatic carbocycles. The van der Waals surface area contributed by atoms with Gasteiger partial charge in [0.15, 0.2) is 0 Å². The van der Waals surface area contributed by atoms with Gasteiger partial charge in [-0.05, 0) is 31.6 Å². The third-order valence-electron chi connectivity index (χ3n) is 3.66. The van der Waals surface area contributed by atoms with Gasteiger partial charge in [0.05, 0.1) is 4.92 Å². The van der Waals surface area contributed by atoms with E-state index >= 15 is 0 Å². The largest absolute Gasteiger partial charge is 0.364 e. The molecule has 0 spiro atoms. The van der Waals surface area contributed by atoms with Crippen molar-refractivity contribution in [1.82, 2.24) is 9.97 Å². The van der Waals surface area contributed by atoms with Gasteiger partial charge in [0, 0.05) is 19.6 Å². The predicted molar refractivity (Wildman–Crippen MR) is 82.7 cm³/mol. The number of hydrogen-bond donors (Lipinski definition) is 1.